The minimum atomic E-state index is -0.0438. The second-order valence-corrected chi connectivity index (χ2v) is 5.41. The molecule has 1 heterocycles. The van der Waals surface area contributed by atoms with Crippen LogP contribution in [-0.4, -0.2) is 37.0 Å². The lowest BCUT2D eigenvalue weighted by Gasteiger charge is -2.30. The van der Waals surface area contributed by atoms with Crippen LogP contribution < -0.4 is 11.1 Å². The van der Waals surface area contributed by atoms with Gasteiger partial charge in [0, 0.05) is 24.3 Å². The average molecular weight is 261 g/mol. The molecule has 104 valence electrons. The maximum Gasteiger partial charge on any atom is 0.251 e. The summed E-state index contributed by atoms with van der Waals surface area (Å²) in [5, 5.41) is 2.95. The first-order valence-corrected chi connectivity index (χ1v) is 7.01. The van der Waals surface area contributed by atoms with E-state index in [0.717, 1.165) is 25.6 Å². The van der Waals surface area contributed by atoms with Crippen LogP contribution in [0.5, 0.6) is 0 Å². The van der Waals surface area contributed by atoms with E-state index in [1.165, 1.54) is 12.8 Å². The monoisotopic (exact) mass is 261 g/mol. The lowest BCUT2D eigenvalue weighted by atomic mass is 9.99. The van der Waals surface area contributed by atoms with Crippen molar-refractivity contribution in [3.8, 4) is 0 Å². The standard InChI is InChI=1S/C15H23N3O/c1-12-5-8-18(9-6-12)10-7-17-15(19)13-3-2-4-14(16)11-13/h2-4,11-12H,5-10,16H2,1H3,(H,17,19). The van der Waals surface area contributed by atoms with Gasteiger partial charge in [-0.3, -0.25) is 4.79 Å². The van der Waals surface area contributed by atoms with E-state index in [4.69, 9.17) is 5.73 Å². The van der Waals surface area contributed by atoms with Crippen molar-refractivity contribution in [2.24, 2.45) is 5.92 Å². The minimum Gasteiger partial charge on any atom is -0.399 e. The van der Waals surface area contributed by atoms with Gasteiger partial charge in [0.2, 0.25) is 0 Å². The molecule has 1 amide bonds. The van der Waals surface area contributed by atoms with Crippen LogP contribution in [0.1, 0.15) is 30.1 Å². The molecule has 1 aromatic carbocycles. The zero-order valence-electron chi connectivity index (χ0n) is 11.6. The predicted molar refractivity (Wildman–Crippen MR) is 78.0 cm³/mol. The maximum absolute atomic E-state index is 11.9. The van der Waals surface area contributed by atoms with Gasteiger partial charge < -0.3 is 16.0 Å². The highest BCUT2D eigenvalue weighted by molar-refractivity contribution is 5.94. The number of nitrogens with one attached hydrogen (secondary N) is 1. The van der Waals surface area contributed by atoms with Crippen molar-refractivity contribution in [2.75, 3.05) is 31.9 Å². The van der Waals surface area contributed by atoms with E-state index in [2.05, 4.69) is 17.1 Å². The molecule has 1 saturated heterocycles. The molecule has 4 heteroatoms. The van der Waals surface area contributed by atoms with Crippen LogP contribution in [0.25, 0.3) is 0 Å². The zero-order valence-corrected chi connectivity index (χ0v) is 11.6. The van der Waals surface area contributed by atoms with Crippen LogP contribution in [0.4, 0.5) is 5.69 Å². The second-order valence-electron chi connectivity index (χ2n) is 5.41. The van der Waals surface area contributed by atoms with E-state index >= 15 is 0 Å². The first-order chi connectivity index (χ1) is 9.15. The Balaban J connectivity index is 1.72. The maximum atomic E-state index is 11.9. The smallest absolute Gasteiger partial charge is 0.251 e. The highest BCUT2D eigenvalue weighted by Gasteiger charge is 2.15. The number of likely N-dealkylation sites (tertiary alicyclic amines) is 1. The van der Waals surface area contributed by atoms with Gasteiger partial charge in [0.25, 0.3) is 5.91 Å². The number of nitrogens with zero attached hydrogens (tertiary/aromatic N) is 1. The lowest BCUT2D eigenvalue weighted by molar-refractivity contribution is 0.0944. The quantitative estimate of drug-likeness (QED) is 0.812. The molecular weight excluding hydrogens is 238 g/mol. The second kappa shape index (κ2) is 6.57. The van der Waals surface area contributed by atoms with Crippen LogP contribution in [0.15, 0.2) is 24.3 Å². The van der Waals surface area contributed by atoms with E-state index in [1.54, 1.807) is 24.3 Å². The summed E-state index contributed by atoms with van der Waals surface area (Å²) >= 11 is 0. The molecule has 0 atom stereocenters. The van der Waals surface area contributed by atoms with Crippen LogP contribution >= 0.6 is 0 Å². The Morgan fingerprint density at radius 1 is 1.42 bits per heavy atom. The van der Waals surface area contributed by atoms with E-state index < -0.39 is 0 Å². The van der Waals surface area contributed by atoms with Crippen molar-refractivity contribution in [3.05, 3.63) is 29.8 Å². The highest BCUT2D eigenvalue weighted by Crippen LogP contribution is 2.15. The molecule has 1 aliphatic rings. The molecule has 0 bridgehead atoms. The average Bonchev–Trinajstić information content (AvgIpc) is 2.41. The Labute approximate surface area is 115 Å². The molecule has 1 fully saturated rings. The number of hydrogen-bond acceptors (Lipinski definition) is 3. The molecule has 1 aliphatic heterocycles. The number of hydrogen-bond donors (Lipinski definition) is 2. The SMILES string of the molecule is CC1CCN(CCNC(=O)c2cccc(N)c2)CC1. The van der Waals surface area contributed by atoms with Crippen molar-refractivity contribution >= 4 is 11.6 Å². The van der Waals surface area contributed by atoms with Crippen molar-refractivity contribution in [2.45, 2.75) is 19.8 Å². The predicted octanol–water partition coefficient (Wildman–Crippen LogP) is 1.73. The molecule has 1 aromatic rings. The molecule has 19 heavy (non-hydrogen) atoms. The summed E-state index contributed by atoms with van der Waals surface area (Å²) in [6.07, 6.45) is 2.53. The zero-order chi connectivity index (χ0) is 13.7. The van der Waals surface area contributed by atoms with Crippen LogP contribution in [0.3, 0.4) is 0 Å². The number of piperidine rings is 1. The van der Waals surface area contributed by atoms with E-state index in [-0.39, 0.29) is 5.91 Å². The van der Waals surface area contributed by atoms with Gasteiger partial charge in [-0.05, 0) is 50.0 Å². The molecule has 0 saturated carbocycles. The van der Waals surface area contributed by atoms with Gasteiger partial charge in [-0.25, -0.2) is 0 Å². The molecule has 4 nitrogen and oxygen atoms in total. The van der Waals surface area contributed by atoms with E-state index in [9.17, 15) is 4.79 Å². The number of carbonyl (C=O) groups is 1. The van der Waals surface area contributed by atoms with Gasteiger partial charge in [0.05, 0.1) is 0 Å². The van der Waals surface area contributed by atoms with Gasteiger partial charge in [-0.1, -0.05) is 13.0 Å². The number of rotatable bonds is 4. The Hall–Kier alpha value is -1.55. The summed E-state index contributed by atoms with van der Waals surface area (Å²) < 4.78 is 0. The first kappa shape index (κ1) is 13.9. The summed E-state index contributed by atoms with van der Waals surface area (Å²) in [5.41, 5.74) is 6.92. The Morgan fingerprint density at radius 3 is 2.84 bits per heavy atom. The molecule has 0 radical (unpaired) electrons. The van der Waals surface area contributed by atoms with Crippen molar-refractivity contribution in [1.29, 1.82) is 0 Å². The molecule has 2 rings (SSSR count). The Morgan fingerprint density at radius 2 is 2.16 bits per heavy atom. The van der Waals surface area contributed by atoms with Gasteiger partial charge in [-0.2, -0.15) is 0 Å². The number of nitrogens with two attached hydrogens (primary N) is 1. The summed E-state index contributed by atoms with van der Waals surface area (Å²) in [6, 6.07) is 7.08. The van der Waals surface area contributed by atoms with Crippen molar-refractivity contribution in [3.63, 3.8) is 0 Å². The highest BCUT2D eigenvalue weighted by atomic mass is 16.1. The Bertz CT molecular complexity index is 425. The summed E-state index contributed by atoms with van der Waals surface area (Å²) in [6.45, 7) is 6.23. The number of amides is 1. The fraction of sp³-hybridized carbons (Fsp3) is 0.533. The number of anilines is 1. The fourth-order valence-electron chi connectivity index (χ4n) is 2.40. The van der Waals surface area contributed by atoms with Gasteiger partial charge in [0.1, 0.15) is 0 Å². The van der Waals surface area contributed by atoms with Gasteiger partial charge in [0.15, 0.2) is 0 Å². The Kier molecular flexibility index (Phi) is 4.80. The molecule has 0 spiro atoms. The third-order valence-corrected chi connectivity index (χ3v) is 3.74. The molecule has 0 unspecified atom stereocenters. The first-order valence-electron chi connectivity index (χ1n) is 7.01. The molecule has 0 aromatic heterocycles. The molecular formula is C15H23N3O. The van der Waals surface area contributed by atoms with Gasteiger partial charge >= 0.3 is 0 Å². The largest absolute Gasteiger partial charge is 0.399 e. The third-order valence-electron chi connectivity index (χ3n) is 3.74. The number of benzene rings is 1. The van der Waals surface area contributed by atoms with Crippen LogP contribution in [0, 0.1) is 5.92 Å². The van der Waals surface area contributed by atoms with E-state index in [1.807, 2.05) is 0 Å². The third kappa shape index (κ3) is 4.24. The topological polar surface area (TPSA) is 58.4 Å². The van der Waals surface area contributed by atoms with E-state index in [0.29, 0.717) is 17.8 Å². The summed E-state index contributed by atoms with van der Waals surface area (Å²) in [4.78, 5) is 14.3. The van der Waals surface area contributed by atoms with Crippen molar-refractivity contribution in [1.82, 2.24) is 10.2 Å². The molecule has 3 N–H and O–H groups in total. The molecule has 0 aliphatic carbocycles. The number of carbonyl (C=O) groups excluding carboxylic acids is 1. The number of nitrogen functional groups attached to an aromatic ring is 1. The fourth-order valence-corrected chi connectivity index (χ4v) is 2.40. The van der Waals surface area contributed by atoms with Crippen LogP contribution in [0.2, 0.25) is 0 Å². The minimum absolute atomic E-state index is 0.0438. The van der Waals surface area contributed by atoms with Crippen LogP contribution in [-0.2, 0) is 0 Å². The summed E-state index contributed by atoms with van der Waals surface area (Å²) in [7, 11) is 0. The van der Waals surface area contributed by atoms with Gasteiger partial charge in [-0.15, -0.1) is 0 Å². The van der Waals surface area contributed by atoms with Crippen molar-refractivity contribution < 1.29 is 4.79 Å². The summed E-state index contributed by atoms with van der Waals surface area (Å²) in [5.74, 6) is 0.802. The normalized spacial score (nSPS) is 17.3. The lowest BCUT2D eigenvalue weighted by Crippen LogP contribution is -2.39.